The summed E-state index contributed by atoms with van der Waals surface area (Å²) in [6.07, 6.45) is 29.2. The van der Waals surface area contributed by atoms with Gasteiger partial charge < -0.3 is 14.6 Å². The zero-order valence-electron chi connectivity index (χ0n) is 37.4. The highest BCUT2D eigenvalue weighted by atomic mass is 16.5. The lowest BCUT2D eigenvalue weighted by atomic mass is 9.95. The summed E-state index contributed by atoms with van der Waals surface area (Å²) in [5.74, 6) is -1.30. The van der Waals surface area contributed by atoms with Crippen LogP contribution in [0.2, 0.25) is 0 Å². The summed E-state index contributed by atoms with van der Waals surface area (Å²) in [5, 5.41) is 10.4. The fourth-order valence-electron chi connectivity index (χ4n) is 6.77. The summed E-state index contributed by atoms with van der Waals surface area (Å²) in [5.41, 5.74) is 11.3. The van der Waals surface area contributed by atoms with Crippen molar-refractivity contribution in [2.45, 2.75) is 166 Å². The molecule has 0 atom stereocenters. The third-order valence-corrected chi connectivity index (χ3v) is 10.4. The molecule has 316 valence electrons. The molecule has 6 nitrogen and oxygen atoms in total. The van der Waals surface area contributed by atoms with Crippen molar-refractivity contribution >= 4 is 28.7 Å². The van der Waals surface area contributed by atoms with Gasteiger partial charge in [0.2, 0.25) is 0 Å². The first-order valence-electron chi connectivity index (χ1n) is 21.3. The maximum absolute atomic E-state index is 12.7. The fourth-order valence-corrected chi connectivity index (χ4v) is 6.77. The first kappa shape index (κ1) is 49.4. The van der Waals surface area contributed by atoms with Crippen LogP contribution >= 0.6 is 0 Å². The third kappa shape index (κ3) is 20.1. The largest absolute Gasteiger partial charge is 0.481 e. The van der Waals surface area contributed by atoms with Crippen molar-refractivity contribution in [2.24, 2.45) is 0 Å². The van der Waals surface area contributed by atoms with Crippen LogP contribution in [0.3, 0.4) is 0 Å². The third-order valence-electron chi connectivity index (χ3n) is 10.4. The number of hydrogen-bond donors (Lipinski definition) is 1. The summed E-state index contributed by atoms with van der Waals surface area (Å²) in [6, 6.07) is 7.31. The van der Waals surface area contributed by atoms with E-state index in [1.54, 1.807) is 0 Å². The lowest BCUT2D eigenvalue weighted by Gasteiger charge is -2.19. The molecule has 0 heterocycles. The molecule has 2 aromatic carbocycles. The van der Waals surface area contributed by atoms with Gasteiger partial charge in [-0.05, 0) is 151 Å². The van der Waals surface area contributed by atoms with Crippen molar-refractivity contribution in [3.63, 3.8) is 0 Å². The van der Waals surface area contributed by atoms with Crippen LogP contribution in [0.5, 0.6) is 11.5 Å². The number of ether oxygens (including phenoxy) is 2. The van der Waals surface area contributed by atoms with Crippen LogP contribution in [0.1, 0.15) is 163 Å². The zero-order valence-corrected chi connectivity index (χ0v) is 37.4. The molecule has 0 saturated heterocycles. The van der Waals surface area contributed by atoms with E-state index in [0.717, 1.165) is 82.6 Å². The summed E-state index contributed by atoms with van der Waals surface area (Å²) in [7, 11) is 0. The Balaban J connectivity index is 1.88. The van der Waals surface area contributed by atoms with E-state index in [-0.39, 0.29) is 12.8 Å². The van der Waals surface area contributed by atoms with E-state index in [1.807, 2.05) is 31.2 Å². The number of fused-ring (bicyclic) bond motifs is 1. The van der Waals surface area contributed by atoms with Gasteiger partial charge in [0.15, 0.2) is 0 Å². The number of allylic oxidation sites excluding steroid dienone is 14. The Labute approximate surface area is 350 Å². The molecule has 0 amide bonds. The second-order valence-electron chi connectivity index (χ2n) is 16.3. The van der Waals surface area contributed by atoms with Crippen LogP contribution in [0.15, 0.2) is 106 Å². The molecule has 0 aliphatic rings. The Morgan fingerprint density at radius 1 is 0.500 bits per heavy atom. The van der Waals surface area contributed by atoms with Gasteiger partial charge in [-0.2, -0.15) is 0 Å². The van der Waals surface area contributed by atoms with Crippen LogP contribution < -0.4 is 9.47 Å². The second kappa shape index (κ2) is 27.1. The van der Waals surface area contributed by atoms with Crippen molar-refractivity contribution < 1.29 is 29.0 Å². The molecule has 0 spiro atoms. The molecule has 2 rings (SSSR count). The minimum Gasteiger partial charge on any atom is -0.481 e. The summed E-state index contributed by atoms with van der Waals surface area (Å²) < 4.78 is 11.5. The lowest BCUT2D eigenvalue weighted by molar-refractivity contribution is -0.142. The Morgan fingerprint density at radius 3 is 1.26 bits per heavy atom. The smallest absolute Gasteiger partial charge is 0.311 e. The maximum atomic E-state index is 12.7. The topological polar surface area (TPSA) is 89.9 Å². The average Bonchev–Trinajstić information content (AvgIpc) is 3.15. The normalized spacial score (nSPS) is 13.2. The molecule has 0 bridgehead atoms. The molecule has 0 aliphatic heterocycles. The van der Waals surface area contributed by atoms with Crippen LogP contribution in [0.25, 0.3) is 10.8 Å². The minimum atomic E-state index is -1.06. The van der Waals surface area contributed by atoms with E-state index in [9.17, 15) is 14.4 Å². The maximum Gasteiger partial charge on any atom is 0.311 e. The van der Waals surface area contributed by atoms with Crippen molar-refractivity contribution in [1.82, 2.24) is 0 Å². The molecule has 1 N–H and O–H groups in total. The molecule has 6 heteroatoms. The first-order valence-corrected chi connectivity index (χ1v) is 21.3. The van der Waals surface area contributed by atoms with Crippen molar-refractivity contribution in [3.05, 3.63) is 117 Å². The quantitative estimate of drug-likeness (QED) is 0.0612. The highest BCUT2D eigenvalue weighted by Crippen LogP contribution is 2.41. The highest BCUT2D eigenvalue weighted by Gasteiger charge is 2.22. The van der Waals surface area contributed by atoms with Gasteiger partial charge in [-0.15, -0.1) is 0 Å². The van der Waals surface area contributed by atoms with E-state index < -0.39 is 17.9 Å². The highest BCUT2D eigenvalue weighted by molar-refractivity contribution is 5.98. The number of esters is 2. The van der Waals surface area contributed by atoms with Crippen LogP contribution in [-0.2, 0) is 20.8 Å². The van der Waals surface area contributed by atoms with Crippen LogP contribution in [-0.4, -0.2) is 23.0 Å². The van der Waals surface area contributed by atoms with Gasteiger partial charge in [0.25, 0.3) is 0 Å². The molecule has 2 aromatic rings. The second-order valence-corrected chi connectivity index (χ2v) is 16.3. The average molecular weight is 793 g/mol. The van der Waals surface area contributed by atoms with E-state index in [0.29, 0.717) is 34.3 Å². The predicted octanol–water partition coefficient (Wildman–Crippen LogP) is 14.7. The molecular weight excluding hydrogens is 721 g/mol. The fraction of sp³-hybridized carbons (Fsp3) is 0.481. The van der Waals surface area contributed by atoms with E-state index in [2.05, 4.69) is 97.9 Å². The van der Waals surface area contributed by atoms with Gasteiger partial charge in [-0.25, -0.2) is 0 Å². The van der Waals surface area contributed by atoms with Gasteiger partial charge in [0.1, 0.15) is 11.5 Å². The molecule has 0 unspecified atom stereocenters. The number of carbonyl (C=O) groups excluding carboxylic acids is 2. The number of aliphatic carboxylic acids is 1. The number of carboxylic acids is 1. The first-order chi connectivity index (χ1) is 27.6. The summed E-state index contributed by atoms with van der Waals surface area (Å²) in [6.45, 7) is 20.9. The molecule has 0 saturated carbocycles. The molecule has 0 aliphatic carbocycles. The van der Waals surface area contributed by atoms with Crippen molar-refractivity contribution in [1.29, 1.82) is 0 Å². The molecule has 0 fully saturated rings. The van der Waals surface area contributed by atoms with E-state index in [4.69, 9.17) is 14.6 Å². The van der Waals surface area contributed by atoms with Crippen molar-refractivity contribution in [2.75, 3.05) is 0 Å². The van der Waals surface area contributed by atoms with Gasteiger partial charge in [-0.1, -0.05) is 106 Å². The standard InChI is InChI=1S/C52H72O6/c1-37(2)19-13-20-38(3)21-14-22-39(4)23-15-24-40(5)25-16-26-41(6)27-17-28-42(7)29-18-30-43(8)33-34-46-44(9)51(57-45(10)53)47-31-11-12-32-48(47)52(46)58-50(56)36-35-49(54)55/h11-12,19,21,23,25,27,29,31-33H,13-18,20,22,24,26,28,30,34-36H2,1-10H3,(H,54,55)/b38-21+,39-23+,40-25+,41-27+,42-29+,43-33+. The Bertz CT molecular complexity index is 1900. The Kier molecular flexibility index (Phi) is 23.1. The number of rotatable bonds is 25. The number of carbonyl (C=O) groups is 3. The molecular formula is C52H72O6. The minimum absolute atomic E-state index is 0.240. The number of carboxylic acid groups (broad SMARTS) is 1. The molecule has 58 heavy (non-hydrogen) atoms. The van der Waals surface area contributed by atoms with Crippen molar-refractivity contribution in [3.8, 4) is 11.5 Å². The zero-order chi connectivity index (χ0) is 43.0. The van der Waals surface area contributed by atoms with E-state index >= 15 is 0 Å². The lowest BCUT2D eigenvalue weighted by Crippen LogP contribution is -2.13. The Hall–Kier alpha value is -4.71. The summed E-state index contributed by atoms with van der Waals surface area (Å²) in [4.78, 5) is 35.9. The van der Waals surface area contributed by atoms with Crippen LogP contribution in [0.4, 0.5) is 0 Å². The Morgan fingerprint density at radius 2 is 0.879 bits per heavy atom. The predicted molar refractivity (Wildman–Crippen MR) is 244 cm³/mol. The molecule has 0 aromatic heterocycles. The van der Waals surface area contributed by atoms with Gasteiger partial charge in [0, 0.05) is 23.3 Å². The molecule has 0 radical (unpaired) electrons. The van der Waals surface area contributed by atoms with E-state index in [1.165, 1.54) is 45.9 Å². The van der Waals surface area contributed by atoms with Gasteiger partial charge >= 0.3 is 17.9 Å². The number of benzene rings is 2. The SMILES string of the molecule is CC(=O)Oc1c(C)c(C/C=C(\C)CC/C=C(\C)CC/C=C(\C)CC/C=C(\C)CC/C=C(\C)CC/C=C(\C)CCC=C(C)C)c(OC(=O)CCC(=O)O)c2ccccc12. The van der Waals surface area contributed by atoms with Gasteiger partial charge in [0.05, 0.1) is 12.8 Å². The van der Waals surface area contributed by atoms with Crippen LogP contribution in [0, 0.1) is 6.92 Å². The number of hydrogen-bond acceptors (Lipinski definition) is 5. The summed E-state index contributed by atoms with van der Waals surface area (Å²) >= 11 is 0. The monoisotopic (exact) mass is 793 g/mol. The van der Waals surface area contributed by atoms with Gasteiger partial charge in [-0.3, -0.25) is 14.4 Å².